The average Bonchev–Trinajstić information content (AvgIpc) is 2.39. The maximum Gasteiger partial charge on any atom is 0.188 e. The smallest absolute Gasteiger partial charge is 0.188 e. The molecule has 0 unspecified atom stereocenters. The number of aliphatic hydroxyl groups is 1. The van der Waals surface area contributed by atoms with Gasteiger partial charge in [-0.1, -0.05) is 0 Å². The van der Waals surface area contributed by atoms with Gasteiger partial charge >= 0.3 is 0 Å². The second-order valence-corrected chi connectivity index (χ2v) is 4.18. The van der Waals surface area contributed by atoms with Crippen LogP contribution in [-0.4, -0.2) is 30.6 Å². The van der Waals surface area contributed by atoms with Crippen molar-refractivity contribution in [2.24, 2.45) is 0 Å². The lowest BCUT2D eigenvalue weighted by atomic mass is 10.1. The first-order valence-electron chi connectivity index (χ1n) is 5.80. The molecule has 1 aliphatic heterocycles. The molecule has 0 spiro atoms. The zero-order valence-corrected chi connectivity index (χ0v) is 9.35. The number of carbonyl (C=O) groups is 1. The molecule has 0 aliphatic carbocycles. The Morgan fingerprint density at radius 3 is 2.31 bits per heavy atom. The summed E-state index contributed by atoms with van der Waals surface area (Å²) in [5.74, 6) is -0.217. The van der Waals surface area contributed by atoms with Gasteiger partial charge in [-0.25, -0.2) is 0 Å². The molecule has 0 atom stereocenters. The summed E-state index contributed by atoms with van der Waals surface area (Å²) in [6.07, 6.45) is 3.81. The Morgan fingerprint density at radius 2 is 1.75 bits per heavy atom. The van der Waals surface area contributed by atoms with Gasteiger partial charge in [0.2, 0.25) is 0 Å². The minimum Gasteiger partial charge on any atom is -0.388 e. The van der Waals surface area contributed by atoms with Crippen LogP contribution in [0, 0.1) is 0 Å². The number of carbonyl (C=O) groups excluding carboxylic acids is 1. The van der Waals surface area contributed by atoms with Crippen molar-refractivity contribution in [2.45, 2.75) is 19.3 Å². The molecule has 0 bridgehead atoms. The largest absolute Gasteiger partial charge is 0.388 e. The molecule has 1 aliphatic rings. The third-order valence-electron chi connectivity index (χ3n) is 3.05. The molecule has 1 saturated heterocycles. The van der Waals surface area contributed by atoms with Crippen molar-refractivity contribution in [1.29, 1.82) is 0 Å². The highest BCUT2D eigenvalue weighted by molar-refractivity contribution is 5.97. The van der Waals surface area contributed by atoms with Crippen LogP contribution in [0.15, 0.2) is 24.3 Å². The van der Waals surface area contributed by atoms with Gasteiger partial charge in [0.1, 0.15) is 6.61 Å². The van der Waals surface area contributed by atoms with E-state index in [0.29, 0.717) is 5.56 Å². The summed E-state index contributed by atoms with van der Waals surface area (Å²) >= 11 is 0. The highest BCUT2D eigenvalue weighted by Crippen LogP contribution is 2.20. The van der Waals surface area contributed by atoms with Gasteiger partial charge in [0.25, 0.3) is 0 Å². The predicted molar refractivity (Wildman–Crippen MR) is 63.9 cm³/mol. The van der Waals surface area contributed by atoms with Gasteiger partial charge < -0.3 is 10.0 Å². The van der Waals surface area contributed by atoms with Crippen LogP contribution in [-0.2, 0) is 0 Å². The summed E-state index contributed by atoms with van der Waals surface area (Å²) in [5, 5.41) is 8.75. The topological polar surface area (TPSA) is 40.5 Å². The van der Waals surface area contributed by atoms with Crippen LogP contribution in [0.3, 0.4) is 0 Å². The molecule has 86 valence electrons. The summed E-state index contributed by atoms with van der Waals surface area (Å²) < 4.78 is 0. The van der Waals surface area contributed by atoms with Gasteiger partial charge in [0.15, 0.2) is 5.78 Å². The fourth-order valence-corrected chi connectivity index (χ4v) is 2.10. The number of nitrogens with zero attached hydrogens (tertiary/aromatic N) is 1. The number of anilines is 1. The normalized spacial score (nSPS) is 16.2. The zero-order chi connectivity index (χ0) is 11.4. The lowest BCUT2D eigenvalue weighted by Crippen LogP contribution is -2.29. The molecule has 2 rings (SSSR count). The van der Waals surface area contributed by atoms with Crippen molar-refractivity contribution < 1.29 is 9.90 Å². The van der Waals surface area contributed by atoms with Crippen molar-refractivity contribution in [2.75, 3.05) is 24.6 Å². The number of hydrogen-bond acceptors (Lipinski definition) is 3. The zero-order valence-electron chi connectivity index (χ0n) is 9.35. The van der Waals surface area contributed by atoms with Crippen molar-refractivity contribution >= 4 is 11.5 Å². The Hall–Kier alpha value is -1.35. The van der Waals surface area contributed by atoms with E-state index in [1.807, 2.05) is 12.1 Å². The minimum absolute atomic E-state index is 0.217. The molecular formula is C13H17NO2. The van der Waals surface area contributed by atoms with E-state index in [4.69, 9.17) is 5.11 Å². The molecule has 1 N–H and O–H groups in total. The second kappa shape index (κ2) is 5.12. The van der Waals surface area contributed by atoms with Crippen LogP contribution >= 0.6 is 0 Å². The van der Waals surface area contributed by atoms with E-state index in [1.165, 1.54) is 24.9 Å². The molecule has 16 heavy (non-hydrogen) atoms. The van der Waals surface area contributed by atoms with Crippen LogP contribution in [0.5, 0.6) is 0 Å². The van der Waals surface area contributed by atoms with E-state index < -0.39 is 6.61 Å². The highest BCUT2D eigenvalue weighted by atomic mass is 16.3. The number of rotatable bonds is 3. The summed E-state index contributed by atoms with van der Waals surface area (Å²) in [7, 11) is 0. The molecule has 1 aromatic rings. The van der Waals surface area contributed by atoms with Crippen molar-refractivity contribution in [3.63, 3.8) is 0 Å². The van der Waals surface area contributed by atoms with E-state index in [0.717, 1.165) is 13.1 Å². The number of piperidine rings is 1. The van der Waals surface area contributed by atoms with Gasteiger partial charge in [-0.2, -0.15) is 0 Å². The van der Waals surface area contributed by atoms with Crippen LogP contribution in [0.1, 0.15) is 29.6 Å². The third-order valence-corrected chi connectivity index (χ3v) is 3.05. The fourth-order valence-electron chi connectivity index (χ4n) is 2.10. The Labute approximate surface area is 95.7 Å². The van der Waals surface area contributed by atoms with E-state index in [9.17, 15) is 4.79 Å². The standard InChI is InChI=1S/C13H17NO2/c15-10-13(16)11-4-6-12(7-5-11)14-8-2-1-3-9-14/h4-7,15H,1-3,8-10H2. The molecule has 1 fully saturated rings. The lowest BCUT2D eigenvalue weighted by molar-refractivity contribution is 0.0904. The van der Waals surface area contributed by atoms with Crippen molar-refractivity contribution in [1.82, 2.24) is 0 Å². The first-order chi connectivity index (χ1) is 7.81. The monoisotopic (exact) mass is 219 g/mol. The molecule has 0 aromatic heterocycles. The molecule has 1 heterocycles. The number of hydrogen-bond donors (Lipinski definition) is 1. The Morgan fingerprint density at radius 1 is 1.12 bits per heavy atom. The summed E-state index contributed by atoms with van der Waals surface area (Å²) in [6, 6.07) is 7.52. The lowest BCUT2D eigenvalue weighted by Gasteiger charge is -2.28. The molecular weight excluding hydrogens is 202 g/mol. The minimum atomic E-state index is -0.414. The number of Topliss-reactive ketones (excluding diaryl/α,β-unsaturated/α-hetero) is 1. The van der Waals surface area contributed by atoms with Crippen molar-refractivity contribution in [3.8, 4) is 0 Å². The molecule has 3 heteroatoms. The highest BCUT2D eigenvalue weighted by Gasteiger charge is 2.11. The van der Waals surface area contributed by atoms with Crippen molar-refractivity contribution in [3.05, 3.63) is 29.8 Å². The first kappa shape index (κ1) is 11.1. The molecule has 1 aromatic carbocycles. The third kappa shape index (κ3) is 2.42. The Kier molecular flexibility index (Phi) is 3.57. The van der Waals surface area contributed by atoms with E-state index in [-0.39, 0.29) is 5.78 Å². The number of benzene rings is 1. The first-order valence-corrected chi connectivity index (χ1v) is 5.80. The van der Waals surface area contributed by atoms with E-state index in [2.05, 4.69) is 4.90 Å². The van der Waals surface area contributed by atoms with Crippen LogP contribution in [0.2, 0.25) is 0 Å². The van der Waals surface area contributed by atoms with E-state index in [1.54, 1.807) is 12.1 Å². The van der Waals surface area contributed by atoms with Gasteiger partial charge in [0, 0.05) is 24.3 Å². The maximum atomic E-state index is 11.2. The number of ketones is 1. The quantitative estimate of drug-likeness (QED) is 0.789. The Bertz CT molecular complexity index is 353. The van der Waals surface area contributed by atoms with Crippen LogP contribution in [0.4, 0.5) is 5.69 Å². The van der Waals surface area contributed by atoms with Gasteiger partial charge in [-0.05, 0) is 43.5 Å². The Balaban J connectivity index is 2.09. The molecule has 0 amide bonds. The van der Waals surface area contributed by atoms with Crippen LogP contribution in [0.25, 0.3) is 0 Å². The molecule has 0 radical (unpaired) electrons. The number of aliphatic hydroxyl groups excluding tert-OH is 1. The van der Waals surface area contributed by atoms with Gasteiger partial charge in [0.05, 0.1) is 0 Å². The fraction of sp³-hybridized carbons (Fsp3) is 0.462. The molecule has 0 saturated carbocycles. The summed E-state index contributed by atoms with van der Waals surface area (Å²) in [4.78, 5) is 13.6. The maximum absolute atomic E-state index is 11.2. The van der Waals surface area contributed by atoms with Crippen LogP contribution < -0.4 is 4.90 Å². The van der Waals surface area contributed by atoms with Gasteiger partial charge in [-0.15, -0.1) is 0 Å². The SMILES string of the molecule is O=C(CO)c1ccc(N2CCCCC2)cc1. The van der Waals surface area contributed by atoms with E-state index >= 15 is 0 Å². The van der Waals surface area contributed by atoms with Gasteiger partial charge in [-0.3, -0.25) is 4.79 Å². The predicted octanol–water partition coefficient (Wildman–Crippen LogP) is 1.85. The summed E-state index contributed by atoms with van der Waals surface area (Å²) in [6.45, 7) is 1.80. The molecule has 3 nitrogen and oxygen atoms in total. The second-order valence-electron chi connectivity index (χ2n) is 4.18. The average molecular weight is 219 g/mol. The summed E-state index contributed by atoms with van der Waals surface area (Å²) in [5.41, 5.74) is 1.76.